The van der Waals surface area contributed by atoms with Crippen molar-refractivity contribution in [1.82, 2.24) is 14.9 Å². The van der Waals surface area contributed by atoms with Crippen LogP contribution in [0, 0.1) is 0 Å². The Morgan fingerprint density at radius 2 is 2.07 bits per heavy atom. The van der Waals surface area contributed by atoms with Crippen LogP contribution in [-0.4, -0.2) is 46.4 Å². The van der Waals surface area contributed by atoms with Crippen LogP contribution in [0.1, 0.15) is 23.2 Å². The summed E-state index contributed by atoms with van der Waals surface area (Å²) >= 11 is 0. The van der Waals surface area contributed by atoms with Crippen LogP contribution in [0.5, 0.6) is 5.75 Å². The van der Waals surface area contributed by atoms with E-state index in [2.05, 4.69) is 15.3 Å². The fraction of sp³-hybridized carbons (Fsp3) is 0.238. The normalized spacial score (nSPS) is 13.7. The molecule has 2 aromatic carbocycles. The number of anilines is 1. The first-order chi connectivity index (χ1) is 14.1. The van der Waals surface area contributed by atoms with E-state index in [9.17, 15) is 14.4 Å². The van der Waals surface area contributed by atoms with Crippen molar-refractivity contribution in [2.75, 3.05) is 25.0 Å². The van der Waals surface area contributed by atoms with Gasteiger partial charge in [-0.2, -0.15) is 0 Å². The quantitative estimate of drug-likeness (QED) is 0.669. The second-order valence-electron chi connectivity index (χ2n) is 6.75. The van der Waals surface area contributed by atoms with Crippen molar-refractivity contribution in [3.8, 4) is 5.75 Å². The molecule has 8 heteroatoms. The summed E-state index contributed by atoms with van der Waals surface area (Å²) in [6, 6.07) is 11.9. The third-order valence-electron chi connectivity index (χ3n) is 4.82. The van der Waals surface area contributed by atoms with Crippen molar-refractivity contribution in [2.24, 2.45) is 0 Å². The fourth-order valence-electron chi connectivity index (χ4n) is 3.33. The highest BCUT2D eigenvalue weighted by molar-refractivity contribution is 6.06. The van der Waals surface area contributed by atoms with Gasteiger partial charge in [0.05, 0.1) is 29.3 Å². The lowest BCUT2D eigenvalue weighted by atomic mass is 10.1. The van der Waals surface area contributed by atoms with Gasteiger partial charge in [-0.05, 0) is 36.8 Å². The van der Waals surface area contributed by atoms with E-state index in [-0.39, 0.29) is 17.4 Å². The zero-order valence-corrected chi connectivity index (χ0v) is 15.7. The molecule has 2 amide bonds. The predicted octanol–water partition coefficient (Wildman–Crippen LogP) is 2.18. The molecular weight excluding hydrogens is 372 g/mol. The molecule has 2 N–H and O–H groups in total. The van der Waals surface area contributed by atoms with Gasteiger partial charge in [-0.15, -0.1) is 0 Å². The molecule has 0 spiro atoms. The van der Waals surface area contributed by atoms with Crippen LogP contribution >= 0.6 is 0 Å². The van der Waals surface area contributed by atoms with Gasteiger partial charge in [-0.3, -0.25) is 14.4 Å². The highest BCUT2D eigenvalue weighted by atomic mass is 16.5. The summed E-state index contributed by atoms with van der Waals surface area (Å²) in [5.41, 5.74) is 1.14. The first-order valence-electron chi connectivity index (χ1n) is 9.40. The number of para-hydroxylation sites is 1. The number of carbonyl (C=O) groups excluding carboxylic acids is 2. The van der Waals surface area contributed by atoms with Gasteiger partial charge in [0.15, 0.2) is 0 Å². The fourth-order valence-corrected chi connectivity index (χ4v) is 3.33. The van der Waals surface area contributed by atoms with Gasteiger partial charge in [0, 0.05) is 18.7 Å². The van der Waals surface area contributed by atoms with Gasteiger partial charge >= 0.3 is 0 Å². The zero-order chi connectivity index (χ0) is 20.2. The van der Waals surface area contributed by atoms with Gasteiger partial charge in [0.2, 0.25) is 5.91 Å². The molecule has 1 saturated heterocycles. The second-order valence-corrected chi connectivity index (χ2v) is 6.75. The van der Waals surface area contributed by atoms with Crippen LogP contribution < -0.4 is 15.6 Å². The summed E-state index contributed by atoms with van der Waals surface area (Å²) in [7, 11) is 0. The van der Waals surface area contributed by atoms with Crippen molar-refractivity contribution < 1.29 is 14.3 Å². The number of ether oxygens (including phenoxy) is 1. The van der Waals surface area contributed by atoms with Crippen LogP contribution in [0.3, 0.4) is 0 Å². The minimum absolute atomic E-state index is 0.139. The molecule has 0 bridgehead atoms. The summed E-state index contributed by atoms with van der Waals surface area (Å²) in [6.45, 7) is 1.56. The predicted molar refractivity (Wildman–Crippen MR) is 108 cm³/mol. The van der Waals surface area contributed by atoms with Crippen molar-refractivity contribution in [1.29, 1.82) is 0 Å². The standard InChI is InChI=1S/C21H20N4O4/c26-19-6-3-9-25(19)10-11-29-18-5-2-1-4-15(18)21(28)24-14-7-8-17-16(12-14)20(27)23-13-22-17/h1-2,4-5,7-8,12-13H,3,6,9-11H2,(H,24,28)(H,22,23,27). The lowest BCUT2D eigenvalue weighted by Crippen LogP contribution is -2.29. The summed E-state index contributed by atoms with van der Waals surface area (Å²) in [5, 5.41) is 3.19. The topological polar surface area (TPSA) is 104 Å². The van der Waals surface area contributed by atoms with Crippen molar-refractivity contribution in [2.45, 2.75) is 12.8 Å². The number of rotatable bonds is 6. The van der Waals surface area contributed by atoms with Gasteiger partial charge in [-0.25, -0.2) is 4.98 Å². The van der Waals surface area contributed by atoms with E-state index >= 15 is 0 Å². The molecule has 4 rings (SSSR count). The van der Waals surface area contributed by atoms with E-state index in [1.807, 2.05) is 0 Å². The molecule has 1 aromatic heterocycles. The van der Waals surface area contributed by atoms with Crippen molar-refractivity contribution in [3.05, 3.63) is 64.7 Å². The number of fused-ring (bicyclic) bond motifs is 1. The molecule has 8 nitrogen and oxygen atoms in total. The molecule has 0 unspecified atom stereocenters. The lowest BCUT2D eigenvalue weighted by molar-refractivity contribution is -0.128. The SMILES string of the molecule is O=C(Nc1ccc2nc[nH]c(=O)c2c1)c1ccccc1OCCN1CCCC1=O. The number of H-pyrrole nitrogens is 1. The van der Waals surface area contributed by atoms with E-state index in [1.165, 1.54) is 6.33 Å². The number of nitrogens with one attached hydrogen (secondary N) is 2. The Labute approximate surface area is 166 Å². The average Bonchev–Trinajstić information content (AvgIpc) is 3.14. The highest BCUT2D eigenvalue weighted by Crippen LogP contribution is 2.21. The number of likely N-dealkylation sites (tertiary alicyclic amines) is 1. The summed E-state index contributed by atoms with van der Waals surface area (Å²) in [5.74, 6) is 0.231. The number of aromatic amines is 1. The molecule has 29 heavy (non-hydrogen) atoms. The summed E-state index contributed by atoms with van der Waals surface area (Å²) < 4.78 is 5.78. The molecule has 0 aliphatic carbocycles. The van der Waals surface area contributed by atoms with E-state index in [4.69, 9.17) is 4.74 Å². The number of hydrogen-bond acceptors (Lipinski definition) is 5. The van der Waals surface area contributed by atoms with Crippen LogP contribution in [0.2, 0.25) is 0 Å². The Morgan fingerprint density at radius 1 is 1.21 bits per heavy atom. The molecule has 148 valence electrons. The Balaban J connectivity index is 1.47. The highest BCUT2D eigenvalue weighted by Gasteiger charge is 2.20. The number of aromatic nitrogens is 2. The number of hydrogen-bond donors (Lipinski definition) is 2. The van der Waals surface area contributed by atoms with Crippen LogP contribution in [0.15, 0.2) is 53.6 Å². The molecule has 1 aliphatic rings. The van der Waals surface area contributed by atoms with Gasteiger partial charge < -0.3 is 19.9 Å². The number of carbonyl (C=O) groups is 2. The monoisotopic (exact) mass is 392 g/mol. The Morgan fingerprint density at radius 3 is 2.90 bits per heavy atom. The number of amides is 2. The maximum Gasteiger partial charge on any atom is 0.259 e. The van der Waals surface area contributed by atoms with Gasteiger partial charge in [-0.1, -0.05) is 12.1 Å². The molecule has 3 aromatic rings. The molecule has 0 atom stereocenters. The van der Waals surface area contributed by atoms with Crippen molar-refractivity contribution in [3.63, 3.8) is 0 Å². The average molecular weight is 392 g/mol. The Bertz CT molecular complexity index is 1120. The van der Waals surface area contributed by atoms with E-state index in [0.717, 1.165) is 13.0 Å². The summed E-state index contributed by atoms with van der Waals surface area (Å²) in [6.07, 6.45) is 2.80. The van der Waals surface area contributed by atoms with Crippen LogP contribution in [-0.2, 0) is 4.79 Å². The minimum Gasteiger partial charge on any atom is -0.491 e. The third kappa shape index (κ3) is 4.11. The molecule has 1 aliphatic heterocycles. The maximum absolute atomic E-state index is 12.8. The molecular formula is C21H20N4O4. The molecule has 0 radical (unpaired) electrons. The number of benzene rings is 2. The second kappa shape index (κ2) is 8.14. The summed E-state index contributed by atoms with van der Waals surface area (Å²) in [4.78, 5) is 44.8. The van der Waals surface area contributed by atoms with Crippen LogP contribution in [0.25, 0.3) is 10.9 Å². The smallest absolute Gasteiger partial charge is 0.259 e. The number of nitrogens with zero attached hydrogens (tertiary/aromatic N) is 2. The van der Waals surface area contributed by atoms with Crippen molar-refractivity contribution >= 4 is 28.4 Å². The third-order valence-corrected chi connectivity index (χ3v) is 4.82. The molecule has 2 heterocycles. The van der Waals surface area contributed by atoms with Gasteiger partial charge in [0.25, 0.3) is 11.5 Å². The zero-order valence-electron chi connectivity index (χ0n) is 15.7. The Kier molecular flexibility index (Phi) is 5.24. The minimum atomic E-state index is -0.350. The van der Waals surface area contributed by atoms with E-state index < -0.39 is 0 Å². The maximum atomic E-state index is 12.8. The largest absolute Gasteiger partial charge is 0.491 e. The molecule has 1 fully saturated rings. The first-order valence-corrected chi connectivity index (χ1v) is 9.40. The van der Waals surface area contributed by atoms with E-state index in [0.29, 0.717) is 47.5 Å². The van der Waals surface area contributed by atoms with Crippen LogP contribution in [0.4, 0.5) is 5.69 Å². The molecule has 0 saturated carbocycles. The first kappa shape index (κ1) is 18.7. The Hall–Kier alpha value is -3.68. The van der Waals surface area contributed by atoms with E-state index in [1.54, 1.807) is 47.4 Å². The van der Waals surface area contributed by atoms with Gasteiger partial charge in [0.1, 0.15) is 12.4 Å². The lowest BCUT2D eigenvalue weighted by Gasteiger charge is -2.17.